The minimum atomic E-state index is -4.69. The summed E-state index contributed by atoms with van der Waals surface area (Å²) in [7, 11) is -1.98. The lowest BCUT2D eigenvalue weighted by molar-refractivity contribution is -0.113. The number of anilines is 1. The van der Waals surface area contributed by atoms with Crippen molar-refractivity contribution in [3.8, 4) is 0 Å². The first-order chi connectivity index (χ1) is 16.3. The number of hydrogen-bond acceptors (Lipinski definition) is 8. The summed E-state index contributed by atoms with van der Waals surface area (Å²) in [4.78, 5) is 24.2. The van der Waals surface area contributed by atoms with Crippen LogP contribution < -0.4 is 5.32 Å². The molecule has 0 aromatic carbocycles. The molecule has 34 heavy (non-hydrogen) atoms. The molecule has 190 valence electrons. The lowest BCUT2D eigenvalue weighted by Gasteiger charge is -2.33. The molecule has 3 heterocycles. The summed E-state index contributed by atoms with van der Waals surface area (Å²) in [6.07, 6.45) is 5.35. The molecule has 1 aliphatic heterocycles. The van der Waals surface area contributed by atoms with Gasteiger partial charge in [0.05, 0.1) is 31.6 Å². The maximum Gasteiger partial charge on any atom is 0.361 e. The third-order valence-electron chi connectivity index (χ3n) is 6.46. The summed E-state index contributed by atoms with van der Waals surface area (Å²) >= 11 is 6.23. The first-order valence-electron chi connectivity index (χ1n) is 11.4. The van der Waals surface area contributed by atoms with E-state index < -0.39 is 12.9 Å². The third kappa shape index (κ3) is 5.42. The van der Waals surface area contributed by atoms with Crippen LogP contribution in [0.15, 0.2) is 12.1 Å². The van der Waals surface area contributed by atoms with E-state index in [2.05, 4.69) is 15.4 Å². The van der Waals surface area contributed by atoms with Crippen LogP contribution in [-0.2, 0) is 23.5 Å². The zero-order valence-electron chi connectivity index (χ0n) is 19.4. The topological polar surface area (TPSA) is 137 Å². The van der Waals surface area contributed by atoms with Crippen LogP contribution in [0.3, 0.4) is 0 Å². The van der Waals surface area contributed by atoms with Crippen LogP contribution in [0.5, 0.6) is 0 Å². The van der Waals surface area contributed by atoms with E-state index in [0.29, 0.717) is 24.7 Å². The van der Waals surface area contributed by atoms with Gasteiger partial charge in [-0.25, -0.2) is 4.52 Å². The SMILES string of the molecule is COCC(COC)(OCC1CCC(c2ccc3c(NC4CCCC4)nc(Cl)nn23)O1)P(=O)(O)O. The lowest BCUT2D eigenvalue weighted by atomic mass is 10.1. The molecule has 2 atom stereocenters. The van der Waals surface area contributed by atoms with Gasteiger partial charge in [0.2, 0.25) is 10.6 Å². The molecular weight excluding hydrogens is 487 g/mol. The van der Waals surface area contributed by atoms with E-state index in [0.717, 1.165) is 24.1 Å². The van der Waals surface area contributed by atoms with Crippen LogP contribution in [0.2, 0.25) is 5.28 Å². The van der Waals surface area contributed by atoms with Gasteiger partial charge >= 0.3 is 7.60 Å². The average molecular weight is 519 g/mol. The minimum Gasteiger partial charge on any atom is -0.381 e. The molecule has 0 radical (unpaired) electrons. The summed E-state index contributed by atoms with van der Waals surface area (Å²) in [5.74, 6) is 0.710. The molecule has 11 nitrogen and oxygen atoms in total. The van der Waals surface area contributed by atoms with Gasteiger partial charge in [0, 0.05) is 20.3 Å². The van der Waals surface area contributed by atoms with Gasteiger partial charge in [-0.05, 0) is 49.4 Å². The van der Waals surface area contributed by atoms with E-state index >= 15 is 0 Å². The molecule has 2 unspecified atom stereocenters. The van der Waals surface area contributed by atoms with E-state index in [9.17, 15) is 14.4 Å². The predicted molar refractivity (Wildman–Crippen MR) is 125 cm³/mol. The van der Waals surface area contributed by atoms with E-state index in [-0.39, 0.29) is 37.3 Å². The molecule has 0 spiro atoms. The molecule has 1 saturated heterocycles. The van der Waals surface area contributed by atoms with Crippen molar-refractivity contribution in [2.75, 3.05) is 39.4 Å². The van der Waals surface area contributed by atoms with Crippen molar-refractivity contribution in [3.63, 3.8) is 0 Å². The lowest BCUT2D eigenvalue weighted by Crippen LogP contribution is -2.43. The van der Waals surface area contributed by atoms with Crippen molar-refractivity contribution in [1.82, 2.24) is 14.6 Å². The molecule has 4 rings (SSSR count). The Balaban J connectivity index is 1.47. The molecule has 1 saturated carbocycles. The van der Waals surface area contributed by atoms with Gasteiger partial charge in [-0.15, -0.1) is 5.10 Å². The highest BCUT2D eigenvalue weighted by Gasteiger charge is 2.49. The highest BCUT2D eigenvalue weighted by atomic mass is 35.5. The second-order valence-electron chi connectivity index (χ2n) is 8.90. The number of fused-ring (bicyclic) bond motifs is 1. The standard InChI is InChI=1S/C21H32ClN4O7P/c1-30-12-21(13-31-2,34(27,28)29)32-11-15-7-10-18(33-15)16-8-9-17-19(23-14-5-3-4-6-14)24-20(22)25-26(16)17/h8-9,14-15,18H,3-7,10-13H2,1-2H3,(H,23,24,25)(H2,27,28,29). The Kier molecular flexibility index (Phi) is 8.16. The van der Waals surface area contributed by atoms with E-state index in [1.807, 2.05) is 12.1 Å². The number of nitrogens with zero attached hydrogens (tertiary/aromatic N) is 3. The molecule has 2 aliphatic rings. The fourth-order valence-electron chi connectivity index (χ4n) is 4.73. The van der Waals surface area contributed by atoms with Crippen molar-refractivity contribution < 1.29 is 33.3 Å². The van der Waals surface area contributed by atoms with Crippen molar-refractivity contribution >= 4 is 30.5 Å². The number of nitrogens with one attached hydrogen (secondary N) is 1. The summed E-state index contributed by atoms with van der Waals surface area (Å²) in [6, 6.07) is 4.28. The van der Waals surface area contributed by atoms with E-state index in [1.54, 1.807) is 4.52 Å². The molecule has 0 bridgehead atoms. The second kappa shape index (κ2) is 10.8. The normalized spacial score (nSPS) is 22.1. The third-order valence-corrected chi connectivity index (χ3v) is 8.06. The summed E-state index contributed by atoms with van der Waals surface area (Å²) in [6.45, 7) is -0.630. The Labute approximate surface area is 203 Å². The first kappa shape index (κ1) is 25.8. The molecule has 2 fully saturated rings. The Hall–Kier alpha value is -1.30. The monoisotopic (exact) mass is 518 g/mol. The van der Waals surface area contributed by atoms with Gasteiger partial charge in [0.15, 0.2) is 5.82 Å². The van der Waals surface area contributed by atoms with Gasteiger partial charge in [-0.1, -0.05) is 12.8 Å². The van der Waals surface area contributed by atoms with Crippen molar-refractivity contribution in [2.24, 2.45) is 0 Å². The number of ether oxygens (including phenoxy) is 4. The highest BCUT2D eigenvalue weighted by Crippen LogP contribution is 2.52. The molecule has 2 aromatic heterocycles. The number of rotatable bonds is 11. The van der Waals surface area contributed by atoms with Crippen LogP contribution in [-0.4, -0.2) is 75.9 Å². The number of hydrogen-bond donors (Lipinski definition) is 3. The van der Waals surface area contributed by atoms with Crippen LogP contribution in [0, 0.1) is 0 Å². The van der Waals surface area contributed by atoms with Gasteiger partial charge in [-0.3, -0.25) is 4.57 Å². The zero-order chi connectivity index (χ0) is 24.3. The zero-order valence-corrected chi connectivity index (χ0v) is 21.0. The van der Waals surface area contributed by atoms with Gasteiger partial charge in [-0.2, -0.15) is 4.98 Å². The predicted octanol–water partition coefficient (Wildman–Crippen LogP) is 3.14. The fourth-order valence-corrected chi connectivity index (χ4v) is 5.72. The average Bonchev–Trinajstić information content (AvgIpc) is 3.52. The summed E-state index contributed by atoms with van der Waals surface area (Å²) in [5, 5.41) is 6.15. The quantitative estimate of drug-likeness (QED) is 0.380. The van der Waals surface area contributed by atoms with Gasteiger partial charge in [0.25, 0.3) is 0 Å². The molecule has 1 aliphatic carbocycles. The molecular formula is C21H32ClN4O7P. The van der Waals surface area contributed by atoms with Gasteiger partial charge < -0.3 is 34.1 Å². The number of methoxy groups -OCH3 is 2. The van der Waals surface area contributed by atoms with E-state index in [4.69, 9.17) is 30.5 Å². The molecule has 13 heteroatoms. The minimum absolute atomic E-state index is 0.0120. The van der Waals surface area contributed by atoms with Crippen LogP contribution in [0.1, 0.15) is 50.3 Å². The maximum atomic E-state index is 12.2. The van der Waals surface area contributed by atoms with Crippen molar-refractivity contribution in [2.45, 2.75) is 62.1 Å². The largest absolute Gasteiger partial charge is 0.381 e. The number of halogens is 1. The first-order valence-corrected chi connectivity index (χ1v) is 13.4. The number of aromatic nitrogens is 3. The Morgan fingerprint density at radius 3 is 2.56 bits per heavy atom. The smallest absolute Gasteiger partial charge is 0.361 e. The summed E-state index contributed by atoms with van der Waals surface area (Å²) in [5.41, 5.74) is 1.67. The molecule has 2 aromatic rings. The maximum absolute atomic E-state index is 12.2. The Morgan fingerprint density at radius 1 is 1.21 bits per heavy atom. The highest BCUT2D eigenvalue weighted by molar-refractivity contribution is 7.53. The van der Waals surface area contributed by atoms with Crippen molar-refractivity contribution in [1.29, 1.82) is 0 Å². The van der Waals surface area contributed by atoms with Crippen LogP contribution >= 0.6 is 19.2 Å². The van der Waals surface area contributed by atoms with Crippen molar-refractivity contribution in [3.05, 3.63) is 23.1 Å². The van der Waals surface area contributed by atoms with Crippen LogP contribution in [0.25, 0.3) is 5.52 Å². The molecule has 0 amide bonds. The fraction of sp³-hybridized carbons (Fsp3) is 0.714. The van der Waals surface area contributed by atoms with E-state index in [1.165, 1.54) is 27.1 Å². The Bertz CT molecular complexity index is 1020. The Morgan fingerprint density at radius 2 is 1.91 bits per heavy atom. The van der Waals surface area contributed by atoms with Gasteiger partial charge in [0.1, 0.15) is 11.6 Å². The second-order valence-corrected chi connectivity index (χ2v) is 11.1. The van der Waals surface area contributed by atoms with Crippen LogP contribution in [0.4, 0.5) is 5.82 Å². The summed E-state index contributed by atoms with van der Waals surface area (Å²) < 4.78 is 35.9. The molecule has 3 N–H and O–H groups in total.